The van der Waals surface area contributed by atoms with Crippen molar-refractivity contribution >= 4 is 11.6 Å². The zero-order chi connectivity index (χ0) is 15.7. The number of aliphatic hydroxyl groups excluding tert-OH is 1. The summed E-state index contributed by atoms with van der Waals surface area (Å²) in [7, 11) is 0. The predicted molar refractivity (Wildman–Crippen MR) is 87.2 cm³/mol. The summed E-state index contributed by atoms with van der Waals surface area (Å²) in [6, 6.07) is 4.86. The molecule has 0 radical (unpaired) electrons. The smallest absolute Gasteiger partial charge is 0.145 e. The lowest BCUT2D eigenvalue weighted by Crippen LogP contribution is -2.26. The summed E-state index contributed by atoms with van der Waals surface area (Å²) in [6.07, 6.45) is 7.02. The Bertz CT molecular complexity index is 414. The Balaban J connectivity index is 2.49. The first kappa shape index (κ1) is 18.4. The van der Waals surface area contributed by atoms with E-state index in [0.717, 1.165) is 12.8 Å². The summed E-state index contributed by atoms with van der Waals surface area (Å²) in [5, 5.41) is 10.4. The third-order valence-electron chi connectivity index (χ3n) is 3.95. The Kier molecular flexibility index (Phi) is 8.90. The van der Waals surface area contributed by atoms with E-state index in [2.05, 4.69) is 6.92 Å². The Morgan fingerprint density at radius 3 is 2.52 bits per heavy atom. The molecule has 0 aromatic heterocycles. The molecule has 0 spiro atoms. The molecule has 0 saturated carbocycles. The van der Waals surface area contributed by atoms with Gasteiger partial charge in [0, 0.05) is 12.5 Å². The number of halogens is 2. The van der Waals surface area contributed by atoms with Crippen molar-refractivity contribution in [2.24, 2.45) is 5.73 Å². The molecule has 1 aromatic carbocycles. The minimum atomic E-state index is -0.617. The van der Waals surface area contributed by atoms with E-state index in [9.17, 15) is 9.50 Å². The van der Waals surface area contributed by atoms with Crippen LogP contribution in [0.5, 0.6) is 0 Å². The Morgan fingerprint density at radius 1 is 1.19 bits per heavy atom. The van der Waals surface area contributed by atoms with Crippen LogP contribution in [0.3, 0.4) is 0 Å². The number of aliphatic hydroxyl groups is 1. The number of unbranched alkanes of at least 4 members (excludes halogenated alkanes) is 5. The molecule has 2 nitrogen and oxygen atoms in total. The van der Waals surface area contributed by atoms with Gasteiger partial charge in [0.2, 0.25) is 0 Å². The number of hydrogen-bond acceptors (Lipinski definition) is 2. The molecular weight excluding hydrogens is 289 g/mol. The van der Waals surface area contributed by atoms with Crippen LogP contribution in [0.25, 0.3) is 0 Å². The fourth-order valence-corrected chi connectivity index (χ4v) is 2.82. The first-order valence-corrected chi connectivity index (χ1v) is 8.31. The van der Waals surface area contributed by atoms with Gasteiger partial charge in [0.05, 0.1) is 11.1 Å². The second-order valence-corrected chi connectivity index (χ2v) is 6.02. The first-order chi connectivity index (χ1) is 10.1. The molecule has 120 valence electrons. The molecule has 4 heteroatoms. The Morgan fingerprint density at radius 2 is 1.86 bits per heavy atom. The predicted octanol–water partition coefficient (Wildman–Crippen LogP) is 4.63. The lowest BCUT2D eigenvalue weighted by Gasteiger charge is -2.22. The van der Waals surface area contributed by atoms with Gasteiger partial charge in [0.1, 0.15) is 5.82 Å². The third-order valence-corrected chi connectivity index (χ3v) is 4.24. The van der Waals surface area contributed by atoms with Gasteiger partial charge in [-0.1, -0.05) is 69.2 Å². The molecule has 1 rings (SSSR count). The summed E-state index contributed by atoms with van der Waals surface area (Å²) in [6.45, 7) is 2.41. The van der Waals surface area contributed by atoms with E-state index in [1.807, 2.05) is 0 Å². The summed E-state index contributed by atoms with van der Waals surface area (Å²) in [5.41, 5.74) is 6.14. The minimum absolute atomic E-state index is 0.0812. The highest BCUT2D eigenvalue weighted by Gasteiger charge is 2.23. The lowest BCUT2D eigenvalue weighted by atomic mass is 9.90. The van der Waals surface area contributed by atoms with Gasteiger partial charge in [-0.25, -0.2) is 4.39 Å². The minimum Gasteiger partial charge on any atom is -0.392 e. The van der Waals surface area contributed by atoms with E-state index < -0.39 is 11.9 Å². The van der Waals surface area contributed by atoms with Gasteiger partial charge in [-0.05, 0) is 18.1 Å². The topological polar surface area (TPSA) is 46.2 Å². The molecule has 0 aliphatic carbocycles. The molecule has 0 amide bonds. The van der Waals surface area contributed by atoms with E-state index in [0.29, 0.717) is 12.0 Å². The monoisotopic (exact) mass is 315 g/mol. The highest BCUT2D eigenvalue weighted by molar-refractivity contribution is 6.30. The van der Waals surface area contributed by atoms with Crippen LogP contribution in [0.2, 0.25) is 5.02 Å². The van der Waals surface area contributed by atoms with E-state index in [4.69, 9.17) is 17.3 Å². The fraction of sp³-hybridized carbons (Fsp3) is 0.647. The normalized spacial score (nSPS) is 14.1. The molecule has 3 N–H and O–H groups in total. The van der Waals surface area contributed by atoms with E-state index in [1.165, 1.54) is 31.7 Å². The Hall–Kier alpha value is -0.640. The van der Waals surface area contributed by atoms with Crippen molar-refractivity contribution in [3.05, 3.63) is 34.6 Å². The molecule has 0 fully saturated rings. The van der Waals surface area contributed by atoms with Gasteiger partial charge in [-0.3, -0.25) is 0 Å². The molecule has 0 heterocycles. The number of hydrogen-bond donors (Lipinski definition) is 2. The van der Waals surface area contributed by atoms with Crippen molar-refractivity contribution in [1.82, 2.24) is 0 Å². The third kappa shape index (κ3) is 5.93. The van der Waals surface area contributed by atoms with E-state index in [1.54, 1.807) is 12.1 Å². The molecule has 2 unspecified atom stereocenters. The van der Waals surface area contributed by atoms with Crippen LogP contribution >= 0.6 is 11.6 Å². The molecule has 21 heavy (non-hydrogen) atoms. The average Bonchev–Trinajstić information content (AvgIpc) is 2.48. The molecular formula is C17H27ClFNO. The quantitative estimate of drug-likeness (QED) is 0.618. The zero-order valence-electron chi connectivity index (χ0n) is 12.8. The van der Waals surface area contributed by atoms with E-state index >= 15 is 0 Å². The van der Waals surface area contributed by atoms with Crippen LogP contribution in [0.15, 0.2) is 18.2 Å². The molecule has 0 bridgehead atoms. The van der Waals surface area contributed by atoms with Crippen molar-refractivity contribution in [3.8, 4) is 0 Å². The highest BCUT2D eigenvalue weighted by Crippen LogP contribution is 2.28. The van der Waals surface area contributed by atoms with Gasteiger partial charge in [0.25, 0.3) is 0 Å². The first-order valence-electron chi connectivity index (χ1n) is 7.93. The summed E-state index contributed by atoms with van der Waals surface area (Å²) in [4.78, 5) is 0. The molecule has 0 aliphatic heterocycles. The highest BCUT2D eigenvalue weighted by atomic mass is 35.5. The second kappa shape index (κ2) is 10.1. The van der Waals surface area contributed by atoms with Gasteiger partial charge in [-0.15, -0.1) is 0 Å². The lowest BCUT2D eigenvalue weighted by molar-refractivity contribution is 0.130. The van der Waals surface area contributed by atoms with Crippen molar-refractivity contribution in [2.45, 2.75) is 63.9 Å². The maximum atomic E-state index is 14.0. The fourth-order valence-electron chi connectivity index (χ4n) is 2.63. The summed E-state index contributed by atoms with van der Waals surface area (Å²) >= 11 is 5.80. The second-order valence-electron chi connectivity index (χ2n) is 5.61. The van der Waals surface area contributed by atoms with Gasteiger partial charge in [0.15, 0.2) is 0 Å². The van der Waals surface area contributed by atoms with Gasteiger partial charge in [-0.2, -0.15) is 0 Å². The largest absolute Gasteiger partial charge is 0.392 e. The molecule has 2 atom stereocenters. The molecule has 0 aliphatic rings. The zero-order valence-corrected chi connectivity index (χ0v) is 13.6. The average molecular weight is 316 g/mol. The van der Waals surface area contributed by atoms with E-state index in [-0.39, 0.29) is 17.5 Å². The summed E-state index contributed by atoms with van der Waals surface area (Å²) in [5.74, 6) is -0.851. The van der Waals surface area contributed by atoms with Crippen LogP contribution in [0, 0.1) is 5.82 Å². The van der Waals surface area contributed by atoms with Gasteiger partial charge < -0.3 is 10.8 Å². The van der Waals surface area contributed by atoms with Crippen molar-refractivity contribution in [2.75, 3.05) is 6.54 Å². The van der Waals surface area contributed by atoms with Gasteiger partial charge >= 0.3 is 0 Å². The van der Waals surface area contributed by atoms with Crippen LogP contribution in [-0.4, -0.2) is 17.8 Å². The molecule has 1 aromatic rings. The number of rotatable bonds is 10. The van der Waals surface area contributed by atoms with Crippen molar-refractivity contribution < 1.29 is 9.50 Å². The maximum absolute atomic E-state index is 14.0. The SMILES string of the molecule is CCCCCCCCC(O)C(CN)c1cccc(Cl)c1F. The standard InChI is InChI=1S/C17H27ClFNO/c1-2-3-4-5-6-7-11-16(21)14(12-20)13-9-8-10-15(18)17(13)19/h8-10,14,16,21H,2-7,11-12,20H2,1H3. The van der Waals surface area contributed by atoms with Crippen LogP contribution in [-0.2, 0) is 0 Å². The van der Waals surface area contributed by atoms with Crippen LogP contribution < -0.4 is 5.73 Å². The number of benzene rings is 1. The molecule has 0 saturated heterocycles. The van der Waals surface area contributed by atoms with Crippen molar-refractivity contribution in [3.63, 3.8) is 0 Å². The van der Waals surface area contributed by atoms with Crippen molar-refractivity contribution in [1.29, 1.82) is 0 Å². The maximum Gasteiger partial charge on any atom is 0.145 e. The van der Waals surface area contributed by atoms with Crippen LogP contribution in [0.4, 0.5) is 4.39 Å². The summed E-state index contributed by atoms with van der Waals surface area (Å²) < 4.78 is 14.0. The number of nitrogens with two attached hydrogens (primary N) is 1. The van der Waals surface area contributed by atoms with Crippen LogP contribution in [0.1, 0.15) is 63.4 Å². The Labute approximate surface area is 132 Å².